The molecule has 0 aliphatic heterocycles. The lowest BCUT2D eigenvalue weighted by molar-refractivity contribution is -0.143. The van der Waals surface area contributed by atoms with Gasteiger partial charge >= 0.3 is 5.97 Å². The molecular weight excluding hydrogens is 230 g/mol. The van der Waals surface area contributed by atoms with Gasteiger partial charge in [-0.05, 0) is 25.5 Å². The maximum Gasteiger partial charge on any atom is 0.325 e. The summed E-state index contributed by atoms with van der Waals surface area (Å²) in [6.45, 7) is 2.47. The van der Waals surface area contributed by atoms with E-state index in [1.807, 2.05) is 37.3 Å². The molecule has 0 spiro atoms. The number of rotatable bonds is 7. The lowest BCUT2D eigenvalue weighted by Gasteiger charge is -2.25. The highest BCUT2D eigenvalue weighted by Crippen LogP contribution is 2.20. The molecule has 0 saturated heterocycles. The number of benzene rings is 1. The summed E-state index contributed by atoms with van der Waals surface area (Å²) in [6, 6.07) is 8.50. The number of likely N-dealkylation sites (N-methyl/N-ethyl adjacent to an activating group) is 1. The van der Waals surface area contributed by atoms with Crippen molar-refractivity contribution >= 4 is 5.97 Å². The fraction of sp³-hybridized carbons (Fsp3) is 0.500. The highest BCUT2D eigenvalue weighted by atomic mass is 16.4. The molecule has 2 atom stereocenters. The summed E-state index contributed by atoms with van der Waals surface area (Å²) in [5.74, 6) is -0.866. The van der Waals surface area contributed by atoms with E-state index < -0.39 is 12.0 Å². The fourth-order valence-corrected chi connectivity index (χ4v) is 1.91. The van der Waals surface area contributed by atoms with Crippen LogP contribution in [-0.4, -0.2) is 40.8 Å². The van der Waals surface area contributed by atoms with Gasteiger partial charge in [-0.3, -0.25) is 9.69 Å². The van der Waals surface area contributed by atoms with Crippen molar-refractivity contribution in [2.24, 2.45) is 0 Å². The number of hydrogen-bond acceptors (Lipinski definition) is 3. The van der Waals surface area contributed by atoms with Gasteiger partial charge in [0, 0.05) is 6.54 Å². The molecule has 0 aromatic heterocycles. The van der Waals surface area contributed by atoms with Crippen molar-refractivity contribution in [3.05, 3.63) is 35.9 Å². The highest BCUT2D eigenvalue weighted by molar-refractivity contribution is 5.75. The molecule has 0 radical (unpaired) electrons. The van der Waals surface area contributed by atoms with Gasteiger partial charge in [0.25, 0.3) is 0 Å². The Balaban J connectivity index is 2.71. The number of aliphatic carboxylic acids is 1. The summed E-state index contributed by atoms with van der Waals surface area (Å²) >= 11 is 0. The van der Waals surface area contributed by atoms with E-state index in [1.54, 1.807) is 11.9 Å². The second-order valence-electron chi connectivity index (χ2n) is 4.48. The highest BCUT2D eigenvalue weighted by Gasteiger charge is 2.24. The van der Waals surface area contributed by atoms with Crippen LogP contribution in [0.4, 0.5) is 0 Å². The molecule has 0 bridgehead atoms. The Morgan fingerprint density at radius 1 is 1.33 bits per heavy atom. The van der Waals surface area contributed by atoms with Crippen molar-refractivity contribution in [3.8, 4) is 0 Å². The largest absolute Gasteiger partial charge is 0.480 e. The Kier molecular flexibility index (Phi) is 5.82. The Bertz CT molecular complexity index is 367. The Morgan fingerprint density at radius 2 is 1.94 bits per heavy atom. The molecule has 2 N–H and O–H groups in total. The molecule has 0 heterocycles. The van der Waals surface area contributed by atoms with Crippen LogP contribution in [0.25, 0.3) is 0 Å². The SMILES string of the molecule is CCC(O)CCN(C)C(C(=O)O)c1ccccc1. The molecule has 0 aliphatic rings. The van der Waals surface area contributed by atoms with Crippen molar-refractivity contribution in [2.45, 2.75) is 31.9 Å². The number of hydrogen-bond donors (Lipinski definition) is 2. The van der Waals surface area contributed by atoms with E-state index in [0.29, 0.717) is 19.4 Å². The zero-order chi connectivity index (χ0) is 13.5. The molecule has 1 rings (SSSR count). The average molecular weight is 251 g/mol. The molecule has 4 heteroatoms. The van der Waals surface area contributed by atoms with Gasteiger partial charge in [-0.2, -0.15) is 0 Å². The van der Waals surface area contributed by atoms with E-state index in [4.69, 9.17) is 0 Å². The van der Waals surface area contributed by atoms with E-state index in [2.05, 4.69) is 0 Å². The molecule has 18 heavy (non-hydrogen) atoms. The molecule has 2 unspecified atom stereocenters. The predicted molar refractivity (Wildman–Crippen MR) is 70.4 cm³/mol. The van der Waals surface area contributed by atoms with Gasteiger partial charge in [0.15, 0.2) is 0 Å². The Hall–Kier alpha value is -1.39. The van der Waals surface area contributed by atoms with Gasteiger partial charge in [0.2, 0.25) is 0 Å². The Labute approximate surface area is 108 Å². The third kappa shape index (κ3) is 4.13. The fourth-order valence-electron chi connectivity index (χ4n) is 1.91. The Morgan fingerprint density at radius 3 is 2.44 bits per heavy atom. The number of nitrogens with zero attached hydrogens (tertiary/aromatic N) is 1. The van der Waals surface area contributed by atoms with Gasteiger partial charge < -0.3 is 10.2 Å². The zero-order valence-electron chi connectivity index (χ0n) is 10.9. The first-order chi connectivity index (χ1) is 8.56. The van der Waals surface area contributed by atoms with Crippen molar-refractivity contribution in [1.29, 1.82) is 0 Å². The third-order valence-electron chi connectivity index (χ3n) is 3.08. The number of carboxylic acids is 1. The minimum atomic E-state index is -0.866. The van der Waals surface area contributed by atoms with Crippen LogP contribution in [0.5, 0.6) is 0 Å². The van der Waals surface area contributed by atoms with Crippen LogP contribution in [0.3, 0.4) is 0 Å². The summed E-state index contributed by atoms with van der Waals surface area (Å²) in [4.78, 5) is 13.1. The average Bonchev–Trinajstić information content (AvgIpc) is 2.37. The van der Waals surface area contributed by atoms with Crippen molar-refractivity contribution in [3.63, 3.8) is 0 Å². The molecule has 1 aromatic carbocycles. The van der Waals surface area contributed by atoms with Gasteiger partial charge in [0.05, 0.1) is 6.10 Å². The smallest absolute Gasteiger partial charge is 0.325 e. The number of aliphatic hydroxyl groups is 1. The van der Waals surface area contributed by atoms with Gasteiger partial charge in [0.1, 0.15) is 6.04 Å². The lowest BCUT2D eigenvalue weighted by atomic mass is 10.1. The first kappa shape index (κ1) is 14.7. The van der Waals surface area contributed by atoms with Gasteiger partial charge in [-0.1, -0.05) is 37.3 Å². The monoisotopic (exact) mass is 251 g/mol. The summed E-state index contributed by atoms with van der Waals surface area (Å²) in [7, 11) is 1.77. The first-order valence-corrected chi connectivity index (χ1v) is 6.22. The quantitative estimate of drug-likeness (QED) is 0.777. The van der Waals surface area contributed by atoms with Crippen LogP contribution in [0.15, 0.2) is 30.3 Å². The summed E-state index contributed by atoms with van der Waals surface area (Å²) in [6.07, 6.45) is 0.915. The summed E-state index contributed by atoms with van der Waals surface area (Å²) < 4.78 is 0. The number of carbonyl (C=O) groups is 1. The van der Waals surface area contributed by atoms with E-state index in [9.17, 15) is 15.0 Å². The minimum Gasteiger partial charge on any atom is -0.480 e. The maximum absolute atomic E-state index is 11.4. The normalized spacial score (nSPS) is 14.4. The first-order valence-electron chi connectivity index (χ1n) is 6.22. The maximum atomic E-state index is 11.4. The van der Waals surface area contributed by atoms with Crippen LogP contribution < -0.4 is 0 Å². The van der Waals surface area contributed by atoms with Crippen LogP contribution in [-0.2, 0) is 4.79 Å². The minimum absolute atomic E-state index is 0.363. The number of aliphatic hydroxyl groups excluding tert-OH is 1. The number of carboxylic acid groups (broad SMARTS) is 1. The van der Waals surface area contributed by atoms with Gasteiger partial charge in [-0.15, -0.1) is 0 Å². The zero-order valence-corrected chi connectivity index (χ0v) is 10.9. The molecule has 1 aromatic rings. The van der Waals surface area contributed by atoms with Crippen LogP contribution in [0.1, 0.15) is 31.4 Å². The molecule has 0 amide bonds. The van der Waals surface area contributed by atoms with Crippen molar-refractivity contribution in [1.82, 2.24) is 4.90 Å². The predicted octanol–water partition coefficient (Wildman–Crippen LogP) is 1.91. The summed E-state index contributed by atoms with van der Waals surface area (Å²) in [5, 5.41) is 18.8. The molecule has 0 aliphatic carbocycles. The van der Waals surface area contributed by atoms with E-state index in [1.165, 1.54) is 0 Å². The topological polar surface area (TPSA) is 60.8 Å². The second-order valence-corrected chi connectivity index (χ2v) is 4.48. The van der Waals surface area contributed by atoms with E-state index in [-0.39, 0.29) is 6.10 Å². The van der Waals surface area contributed by atoms with E-state index >= 15 is 0 Å². The van der Waals surface area contributed by atoms with Crippen LogP contribution in [0.2, 0.25) is 0 Å². The van der Waals surface area contributed by atoms with Crippen molar-refractivity contribution < 1.29 is 15.0 Å². The molecule has 4 nitrogen and oxygen atoms in total. The standard InChI is InChI=1S/C14H21NO3/c1-3-12(16)9-10-15(2)13(14(17)18)11-7-5-4-6-8-11/h4-8,12-13,16H,3,9-10H2,1-2H3,(H,17,18). The summed E-state index contributed by atoms with van der Waals surface area (Å²) in [5.41, 5.74) is 0.762. The second kappa shape index (κ2) is 7.13. The van der Waals surface area contributed by atoms with E-state index in [0.717, 1.165) is 5.56 Å². The lowest BCUT2D eigenvalue weighted by Crippen LogP contribution is -2.33. The molecule has 100 valence electrons. The third-order valence-corrected chi connectivity index (χ3v) is 3.08. The molecular formula is C14H21NO3. The van der Waals surface area contributed by atoms with Crippen LogP contribution in [0, 0.1) is 0 Å². The van der Waals surface area contributed by atoms with Crippen LogP contribution >= 0.6 is 0 Å². The molecule has 0 saturated carbocycles. The van der Waals surface area contributed by atoms with Gasteiger partial charge in [-0.25, -0.2) is 0 Å². The molecule has 0 fully saturated rings. The van der Waals surface area contributed by atoms with Crippen molar-refractivity contribution in [2.75, 3.05) is 13.6 Å².